The zero-order valence-electron chi connectivity index (χ0n) is 10.9. The number of hydrogen-bond acceptors (Lipinski definition) is 2. The van der Waals surface area contributed by atoms with Gasteiger partial charge in [0.15, 0.2) is 0 Å². The Hall–Kier alpha value is -2.82. The predicted octanol–water partition coefficient (Wildman–Crippen LogP) is 2.67. The van der Waals surface area contributed by atoms with Crippen molar-refractivity contribution in [3.8, 4) is 0 Å². The van der Waals surface area contributed by atoms with Crippen molar-refractivity contribution in [1.29, 1.82) is 0 Å². The number of nitrogens with zero attached hydrogens (tertiary/aromatic N) is 1. The van der Waals surface area contributed by atoms with Gasteiger partial charge in [-0.05, 0) is 12.1 Å². The lowest BCUT2D eigenvalue weighted by Gasteiger charge is -2.00. The lowest BCUT2D eigenvalue weighted by atomic mass is 10.2. The van der Waals surface area contributed by atoms with Crippen LogP contribution in [-0.4, -0.2) is 16.5 Å². The zero-order chi connectivity index (χ0) is 14.1. The van der Waals surface area contributed by atoms with Crippen LogP contribution in [0.3, 0.4) is 0 Å². The molecule has 1 aliphatic heterocycles. The third kappa shape index (κ3) is 2.09. The second-order valence-corrected chi connectivity index (χ2v) is 4.47. The molecule has 1 saturated heterocycles. The normalized spacial score (nSPS) is 12.3. The number of amides is 2. The van der Waals surface area contributed by atoms with Gasteiger partial charge in [-0.25, -0.2) is 15.6 Å². The Bertz CT molecular complexity index is 761. The summed E-state index contributed by atoms with van der Waals surface area (Å²) in [5, 5.41) is 2.27. The van der Waals surface area contributed by atoms with E-state index in [1.54, 1.807) is 11.5 Å². The topological polar surface area (TPSA) is 83.0 Å². The van der Waals surface area contributed by atoms with Gasteiger partial charge >= 0.3 is 6.03 Å². The van der Waals surface area contributed by atoms with Crippen molar-refractivity contribution < 1.29 is 9.59 Å². The second-order valence-electron chi connectivity index (χ2n) is 4.47. The Kier molecular flexibility index (Phi) is 2.87. The van der Waals surface area contributed by atoms with Crippen LogP contribution in [0, 0.1) is 0 Å². The molecule has 0 spiro atoms. The number of rotatable bonds is 0. The molecule has 2 N–H and O–H groups in total. The fourth-order valence-corrected chi connectivity index (χ4v) is 2.29. The van der Waals surface area contributed by atoms with E-state index in [-0.39, 0.29) is 11.9 Å². The number of benzene rings is 2. The molecule has 1 fully saturated rings. The van der Waals surface area contributed by atoms with Crippen LogP contribution in [-0.2, 0) is 0 Å². The lowest BCUT2D eigenvalue weighted by molar-refractivity contribution is 0.0946. The molecule has 5 nitrogen and oxygen atoms in total. The van der Waals surface area contributed by atoms with Crippen LogP contribution in [0.4, 0.5) is 4.79 Å². The molecule has 0 saturated carbocycles. The number of carbonyl (C=O) groups is 2. The summed E-state index contributed by atoms with van der Waals surface area (Å²) in [4.78, 5) is 21.0. The molecular weight excluding hydrogens is 254 g/mol. The van der Waals surface area contributed by atoms with Crippen LogP contribution < -0.4 is 10.9 Å². The molecule has 20 heavy (non-hydrogen) atoms. The Labute approximate surface area is 115 Å². The maximum absolute atomic E-state index is 11.7. The van der Waals surface area contributed by atoms with E-state index in [1.807, 2.05) is 36.4 Å². The first-order chi connectivity index (χ1) is 9.68. The monoisotopic (exact) mass is 267 g/mol. The van der Waals surface area contributed by atoms with Crippen molar-refractivity contribution in [2.75, 3.05) is 0 Å². The van der Waals surface area contributed by atoms with Gasteiger partial charge in [0.25, 0.3) is 0 Å². The molecule has 0 unspecified atom stereocenters. The van der Waals surface area contributed by atoms with Crippen LogP contribution in [0.15, 0.2) is 48.5 Å². The third-order valence-corrected chi connectivity index (χ3v) is 3.12. The quantitative estimate of drug-likeness (QED) is 0.614. The summed E-state index contributed by atoms with van der Waals surface area (Å²) in [5.41, 5.74) is 6.38. The average Bonchev–Trinajstić information content (AvgIpc) is 3.16. The fourth-order valence-electron chi connectivity index (χ4n) is 2.29. The van der Waals surface area contributed by atoms with Gasteiger partial charge in [-0.1, -0.05) is 36.4 Å². The summed E-state index contributed by atoms with van der Waals surface area (Å²) in [7, 11) is 0. The van der Waals surface area contributed by atoms with Gasteiger partial charge in [-0.3, -0.25) is 9.36 Å². The summed E-state index contributed by atoms with van der Waals surface area (Å²) >= 11 is 0. The van der Waals surface area contributed by atoms with E-state index in [0.717, 1.165) is 21.8 Å². The van der Waals surface area contributed by atoms with Gasteiger partial charge < -0.3 is 0 Å². The van der Waals surface area contributed by atoms with Gasteiger partial charge in [0.2, 0.25) is 5.91 Å². The molecule has 0 aliphatic carbocycles. The van der Waals surface area contributed by atoms with Gasteiger partial charge in [0.1, 0.15) is 0 Å². The highest BCUT2D eigenvalue weighted by Crippen LogP contribution is 2.28. The van der Waals surface area contributed by atoms with Crippen molar-refractivity contribution >= 4 is 33.7 Å². The summed E-state index contributed by atoms with van der Waals surface area (Å²) in [6, 6.07) is 15.9. The predicted molar refractivity (Wildman–Crippen MR) is 77.4 cm³/mol. The molecule has 0 bridgehead atoms. The molecule has 0 atom stereocenters. The van der Waals surface area contributed by atoms with Gasteiger partial charge in [-0.2, -0.15) is 0 Å². The molecule has 3 aromatic rings. The summed E-state index contributed by atoms with van der Waals surface area (Å²) in [6.07, 6.45) is 0. The highest BCUT2D eigenvalue weighted by atomic mass is 16.2. The van der Waals surface area contributed by atoms with E-state index in [4.69, 9.17) is 0 Å². The first-order valence-electron chi connectivity index (χ1n) is 6.23. The largest absolute Gasteiger partial charge is 0.352 e. The number of fused-ring (bicyclic) bond motifs is 3. The Balaban J connectivity index is 0.000000261. The minimum atomic E-state index is -0.0833. The number of hydrogen-bond donors (Lipinski definition) is 2. The number of hydrazine groups is 1. The van der Waals surface area contributed by atoms with E-state index in [0.29, 0.717) is 0 Å². The first kappa shape index (κ1) is 12.2. The molecule has 4 rings (SSSR count). The van der Waals surface area contributed by atoms with Crippen molar-refractivity contribution in [2.45, 2.75) is 6.92 Å². The van der Waals surface area contributed by atoms with Crippen molar-refractivity contribution in [3.05, 3.63) is 48.5 Å². The summed E-state index contributed by atoms with van der Waals surface area (Å²) < 4.78 is 1.77. The molecule has 2 amide bonds. The molecule has 2 heterocycles. The van der Waals surface area contributed by atoms with Crippen LogP contribution in [0.2, 0.25) is 0 Å². The van der Waals surface area contributed by atoms with Gasteiger partial charge in [-0.15, -0.1) is 0 Å². The van der Waals surface area contributed by atoms with E-state index in [1.165, 1.54) is 0 Å². The minimum absolute atomic E-state index is 0.0531. The smallest absolute Gasteiger partial charge is 0.280 e. The zero-order valence-corrected chi connectivity index (χ0v) is 10.9. The van der Waals surface area contributed by atoms with Crippen LogP contribution >= 0.6 is 0 Å². The Morgan fingerprint density at radius 3 is 1.65 bits per heavy atom. The number of nitrogens with one attached hydrogen (secondary N) is 2. The van der Waals surface area contributed by atoms with E-state index in [2.05, 4.69) is 23.0 Å². The molecule has 1 aliphatic rings. The maximum Gasteiger partial charge on any atom is 0.352 e. The molecular formula is C15H13N3O2. The first-order valence-corrected chi connectivity index (χ1v) is 6.23. The molecule has 100 valence electrons. The standard InChI is InChI=1S/C14H11NO.CH2N2O/c1-10(16)15-13-8-4-2-6-11(13)12-7-3-5-9-14(12)15;4-1-2-3-1/h2-9H,1H3;(H2,2,3,4). The lowest BCUT2D eigenvalue weighted by Crippen LogP contribution is -2.04. The Morgan fingerprint density at radius 1 is 0.900 bits per heavy atom. The maximum atomic E-state index is 11.7. The second kappa shape index (κ2) is 4.70. The molecule has 2 aromatic carbocycles. The van der Waals surface area contributed by atoms with Gasteiger partial charge in [0, 0.05) is 17.7 Å². The van der Waals surface area contributed by atoms with E-state index < -0.39 is 0 Å². The van der Waals surface area contributed by atoms with Crippen molar-refractivity contribution in [1.82, 2.24) is 15.4 Å². The highest BCUT2D eigenvalue weighted by molar-refractivity contribution is 6.12. The SMILES string of the molecule is CC(=O)n1c2ccccc2c2ccccc21.O=C1NN1. The number of aromatic nitrogens is 1. The van der Waals surface area contributed by atoms with Crippen LogP contribution in [0.5, 0.6) is 0 Å². The average molecular weight is 267 g/mol. The Morgan fingerprint density at radius 2 is 1.30 bits per heavy atom. The number of urea groups is 1. The van der Waals surface area contributed by atoms with E-state index in [9.17, 15) is 9.59 Å². The fraction of sp³-hybridized carbons (Fsp3) is 0.0667. The van der Waals surface area contributed by atoms with Crippen molar-refractivity contribution in [3.63, 3.8) is 0 Å². The molecule has 5 heteroatoms. The van der Waals surface area contributed by atoms with Crippen molar-refractivity contribution in [2.24, 2.45) is 0 Å². The minimum Gasteiger partial charge on any atom is -0.280 e. The third-order valence-electron chi connectivity index (χ3n) is 3.12. The number of para-hydroxylation sites is 2. The summed E-state index contributed by atoms with van der Waals surface area (Å²) in [6.45, 7) is 1.60. The highest BCUT2D eigenvalue weighted by Gasteiger charge is 2.11. The van der Waals surface area contributed by atoms with Gasteiger partial charge in [0.05, 0.1) is 11.0 Å². The number of carbonyl (C=O) groups excluding carboxylic acids is 2. The van der Waals surface area contributed by atoms with E-state index >= 15 is 0 Å². The summed E-state index contributed by atoms with van der Waals surface area (Å²) in [5.74, 6) is 0.0531. The van der Waals surface area contributed by atoms with Crippen LogP contribution in [0.25, 0.3) is 21.8 Å². The molecule has 0 radical (unpaired) electrons. The molecule has 1 aromatic heterocycles. The van der Waals surface area contributed by atoms with Crippen LogP contribution in [0.1, 0.15) is 11.7 Å².